The maximum atomic E-state index is 12.7. The molecule has 0 radical (unpaired) electrons. The monoisotopic (exact) mass is 399 g/mol. The maximum absolute atomic E-state index is 12.7. The molecule has 1 N–H and O–H groups in total. The smallest absolute Gasteiger partial charge is 0.326 e. The molecule has 0 aliphatic carbocycles. The van der Waals surface area contributed by atoms with Crippen molar-refractivity contribution in [2.75, 3.05) is 19.6 Å². The van der Waals surface area contributed by atoms with E-state index in [-0.39, 0.29) is 29.6 Å². The van der Waals surface area contributed by atoms with Crippen LogP contribution in [0.3, 0.4) is 0 Å². The number of carboxylic acids is 1. The van der Waals surface area contributed by atoms with Gasteiger partial charge in [-0.05, 0) is 18.1 Å². The average Bonchev–Trinajstić information content (AvgIpc) is 2.62. The van der Waals surface area contributed by atoms with Gasteiger partial charge in [-0.2, -0.15) is 4.31 Å². The van der Waals surface area contributed by atoms with Gasteiger partial charge in [0.1, 0.15) is 6.04 Å². The minimum atomic E-state index is -4.02. The van der Waals surface area contributed by atoms with Gasteiger partial charge >= 0.3 is 5.97 Å². The van der Waals surface area contributed by atoms with Gasteiger partial charge in [-0.1, -0.05) is 20.3 Å². The number of piperazine rings is 1. The van der Waals surface area contributed by atoms with Crippen molar-refractivity contribution < 1.29 is 28.0 Å². The molecular weight excluding hydrogens is 378 g/mol. The number of hydrogen-bond acceptors (Lipinski definition) is 6. The molecule has 1 amide bonds. The second-order valence-electron chi connectivity index (χ2n) is 6.35. The second-order valence-corrected chi connectivity index (χ2v) is 8.28. The lowest BCUT2D eigenvalue weighted by Gasteiger charge is -2.38. The number of benzene rings is 1. The number of nitro groups is 1. The lowest BCUT2D eigenvalue weighted by molar-refractivity contribution is -0.384. The van der Waals surface area contributed by atoms with Crippen LogP contribution in [0.4, 0.5) is 5.69 Å². The molecule has 2 atom stereocenters. The van der Waals surface area contributed by atoms with Gasteiger partial charge in [0.05, 0.1) is 16.4 Å². The van der Waals surface area contributed by atoms with Crippen molar-refractivity contribution in [2.45, 2.75) is 31.2 Å². The molecule has 2 unspecified atom stereocenters. The van der Waals surface area contributed by atoms with Gasteiger partial charge in [0.15, 0.2) is 0 Å². The summed E-state index contributed by atoms with van der Waals surface area (Å²) in [5.74, 6) is -1.98. The van der Waals surface area contributed by atoms with Crippen LogP contribution >= 0.6 is 0 Å². The third-order valence-corrected chi connectivity index (χ3v) is 6.54. The van der Waals surface area contributed by atoms with Crippen LogP contribution in [0.5, 0.6) is 0 Å². The molecule has 0 spiro atoms. The highest BCUT2D eigenvalue weighted by Gasteiger charge is 2.39. The summed E-state index contributed by atoms with van der Waals surface area (Å²) in [6.45, 7) is 2.99. The summed E-state index contributed by atoms with van der Waals surface area (Å²) in [6.07, 6.45) is 0.561. The number of carboxylic acid groups (broad SMARTS) is 1. The lowest BCUT2D eigenvalue weighted by atomic mass is 9.97. The summed E-state index contributed by atoms with van der Waals surface area (Å²) in [5, 5.41) is 20.1. The fraction of sp³-hybridized carbons (Fsp3) is 0.500. The van der Waals surface area contributed by atoms with Gasteiger partial charge < -0.3 is 10.0 Å². The normalized spacial score (nSPS) is 18.1. The molecule has 1 aliphatic rings. The first-order valence-electron chi connectivity index (χ1n) is 8.36. The van der Waals surface area contributed by atoms with Crippen LogP contribution in [0, 0.1) is 16.0 Å². The first-order chi connectivity index (χ1) is 12.6. The summed E-state index contributed by atoms with van der Waals surface area (Å²) in [5.41, 5.74) is -0.243. The number of sulfonamides is 1. The molecule has 148 valence electrons. The Bertz CT molecular complexity index is 838. The molecular formula is C16H21N3O7S. The Kier molecular flexibility index (Phi) is 6.16. The molecule has 1 fully saturated rings. The summed E-state index contributed by atoms with van der Waals surface area (Å²) in [4.78, 5) is 35.1. The van der Waals surface area contributed by atoms with Gasteiger partial charge in [0.25, 0.3) is 5.69 Å². The number of non-ortho nitro benzene ring substituents is 1. The van der Waals surface area contributed by atoms with E-state index in [0.29, 0.717) is 6.42 Å². The zero-order chi connectivity index (χ0) is 20.4. The van der Waals surface area contributed by atoms with E-state index in [2.05, 4.69) is 0 Å². The molecule has 1 aromatic rings. The van der Waals surface area contributed by atoms with E-state index in [9.17, 15) is 33.2 Å². The number of rotatable bonds is 7. The average molecular weight is 399 g/mol. The minimum Gasteiger partial charge on any atom is -0.480 e. The highest BCUT2D eigenvalue weighted by Crippen LogP contribution is 2.23. The first kappa shape index (κ1) is 20.8. The largest absolute Gasteiger partial charge is 0.480 e. The van der Waals surface area contributed by atoms with Crippen molar-refractivity contribution in [1.29, 1.82) is 0 Å². The van der Waals surface area contributed by atoms with E-state index in [1.54, 1.807) is 6.92 Å². The standard InChI is InChI=1S/C16H21N3O7S/c1-3-11(2)15(16(21)22)18-9-8-17(10-14(18)20)27(25,26)13-6-4-12(5-7-13)19(23)24/h4-7,11,15H,3,8-10H2,1-2H3,(H,21,22). The molecule has 0 saturated carbocycles. The van der Waals surface area contributed by atoms with E-state index in [0.717, 1.165) is 28.6 Å². The Morgan fingerprint density at radius 2 is 1.89 bits per heavy atom. The van der Waals surface area contributed by atoms with Crippen LogP contribution in [0.25, 0.3) is 0 Å². The molecule has 1 heterocycles. The SMILES string of the molecule is CCC(C)C(C(=O)O)N1CCN(S(=O)(=O)c2ccc([N+](=O)[O-])cc2)CC1=O. The first-order valence-corrected chi connectivity index (χ1v) is 9.80. The molecule has 2 rings (SSSR count). The number of carbonyl (C=O) groups is 2. The van der Waals surface area contributed by atoms with Crippen LogP contribution in [0.2, 0.25) is 0 Å². The summed E-state index contributed by atoms with van der Waals surface area (Å²) < 4.78 is 26.3. The second kappa shape index (κ2) is 8.01. The van der Waals surface area contributed by atoms with Crippen LogP contribution in [0.15, 0.2) is 29.2 Å². The molecule has 1 aromatic carbocycles. The molecule has 27 heavy (non-hydrogen) atoms. The van der Waals surface area contributed by atoms with Crippen molar-refractivity contribution in [1.82, 2.24) is 9.21 Å². The van der Waals surface area contributed by atoms with Crippen LogP contribution in [-0.2, 0) is 19.6 Å². The van der Waals surface area contributed by atoms with E-state index < -0.39 is 39.4 Å². The molecule has 0 aromatic heterocycles. The maximum Gasteiger partial charge on any atom is 0.326 e. The van der Waals surface area contributed by atoms with Crippen molar-refractivity contribution in [3.8, 4) is 0 Å². The number of aliphatic carboxylic acids is 1. The Morgan fingerprint density at radius 3 is 2.33 bits per heavy atom. The van der Waals surface area contributed by atoms with Crippen LogP contribution < -0.4 is 0 Å². The number of amides is 1. The number of nitrogens with zero attached hydrogens (tertiary/aromatic N) is 3. The third kappa shape index (κ3) is 4.25. The Balaban J connectivity index is 2.20. The number of carbonyl (C=O) groups excluding carboxylic acids is 1. The van der Waals surface area contributed by atoms with Gasteiger partial charge in [0.2, 0.25) is 15.9 Å². The Labute approximate surface area is 156 Å². The van der Waals surface area contributed by atoms with Gasteiger partial charge in [0, 0.05) is 25.2 Å². The topological polar surface area (TPSA) is 138 Å². The highest BCUT2D eigenvalue weighted by atomic mass is 32.2. The zero-order valence-electron chi connectivity index (χ0n) is 14.9. The number of hydrogen-bond donors (Lipinski definition) is 1. The van der Waals surface area contributed by atoms with Crippen LogP contribution in [-0.4, -0.2) is 65.2 Å². The van der Waals surface area contributed by atoms with Gasteiger partial charge in [-0.3, -0.25) is 14.9 Å². The zero-order valence-corrected chi connectivity index (χ0v) is 15.8. The molecule has 1 saturated heterocycles. The fourth-order valence-electron chi connectivity index (χ4n) is 2.96. The van der Waals surface area contributed by atoms with Gasteiger partial charge in [-0.25, -0.2) is 13.2 Å². The molecule has 10 nitrogen and oxygen atoms in total. The van der Waals surface area contributed by atoms with E-state index in [1.807, 2.05) is 6.92 Å². The predicted octanol–water partition coefficient (Wildman–Crippen LogP) is 0.927. The van der Waals surface area contributed by atoms with E-state index >= 15 is 0 Å². The molecule has 1 aliphatic heterocycles. The fourth-order valence-corrected chi connectivity index (χ4v) is 4.34. The molecule has 11 heteroatoms. The Morgan fingerprint density at radius 1 is 1.30 bits per heavy atom. The number of nitro benzene ring substituents is 1. The van der Waals surface area contributed by atoms with Crippen molar-refractivity contribution in [3.63, 3.8) is 0 Å². The van der Waals surface area contributed by atoms with Crippen LogP contribution in [0.1, 0.15) is 20.3 Å². The third-order valence-electron chi connectivity index (χ3n) is 4.68. The van der Waals surface area contributed by atoms with Crippen molar-refractivity contribution >= 4 is 27.6 Å². The summed E-state index contributed by atoms with van der Waals surface area (Å²) in [7, 11) is -4.02. The van der Waals surface area contributed by atoms with Crippen molar-refractivity contribution in [2.24, 2.45) is 5.92 Å². The highest BCUT2D eigenvalue weighted by molar-refractivity contribution is 7.89. The predicted molar refractivity (Wildman–Crippen MR) is 94.4 cm³/mol. The van der Waals surface area contributed by atoms with Gasteiger partial charge in [-0.15, -0.1) is 0 Å². The molecule has 0 bridgehead atoms. The van der Waals surface area contributed by atoms with E-state index in [1.165, 1.54) is 4.90 Å². The summed E-state index contributed by atoms with van der Waals surface area (Å²) >= 11 is 0. The quantitative estimate of drug-likeness (QED) is 0.531. The van der Waals surface area contributed by atoms with E-state index in [4.69, 9.17) is 0 Å². The Hall–Kier alpha value is -2.53. The lowest BCUT2D eigenvalue weighted by Crippen LogP contribution is -2.58. The van der Waals surface area contributed by atoms with Crippen molar-refractivity contribution in [3.05, 3.63) is 34.4 Å². The summed E-state index contributed by atoms with van der Waals surface area (Å²) in [6, 6.07) is 3.38. The minimum absolute atomic E-state index is 0.0354.